The topological polar surface area (TPSA) is 63.6 Å². The van der Waals surface area contributed by atoms with Crippen LogP contribution >= 0.6 is 22.9 Å². The van der Waals surface area contributed by atoms with Crippen LogP contribution in [0.4, 0.5) is 0 Å². The van der Waals surface area contributed by atoms with E-state index in [1.165, 1.54) is 11.5 Å². The monoisotopic (exact) mass is 311 g/mol. The molecule has 2 rings (SSSR count). The van der Waals surface area contributed by atoms with Crippen LogP contribution in [0.5, 0.6) is 0 Å². The number of rotatable bonds is 7. The molecule has 0 aromatic carbocycles. The molecule has 0 fully saturated rings. The van der Waals surface area contributed by atoms with Crippen molar-refractivity contribution in [3.63, 3.8) is 0 Å². The Morgan fingerprint density at radius 2 is 1.90 bits per heavy atom. The van der Waals surface area contributed by atoms with Crippen molar-refractivity contribution < 1.29 is 0 Å². The first-order valence-corrected chi connectivity index (χ1v) is 8.52. The maximum Gasteiger partial charge on any atom is 0.161 e. The molecule has 7 heteroatoms. The summed E-state index contributed by atoms with van der Waals surface area (Å²) in [7, 11) is 0. The van der Waals surface area contributed by atoms with Crippen molar-refractivity contribution in [1.29, 1.82) is 0 Å². The lowest BCUT2D eigenvalue weighted by molar-refractivity contribution is 0.553. The van der Waals surface area contributed by atoms with E-state index in [2.05, 4.69) is 52.8 Å². The maximum atomic E-state index is 4.29. The highest BCUT2D eigenvalue weighted by Crippen LogP contribution is 2.32. The molecule has 20 heavy (non-hydrogen) atoms. The molecule has 0 aliphatic carbocycles. The molecule has 110 valence electrons. The van der Waals surface area contributed by atoms with Gasteiger partial charge in [0.15, 0.2) is 5.01 Å². The molecule has 2 aromatic heterocycles. The lowest BCUT2D eigenvalue weighted by Crippen LogP contribution is -2.22. The van der Waals surface area contributed by atoms with Crippen molar-refractivity contribution in [2.45, 2.75) is 40.0 Å². The first kappa shape index (κ1) is 15.5. The largest absolute Gasteiger partial charge is 0.316 e. The van der Waals surface area contributed by atoms with Gasteiger partial charge in [0.2, 0.25) is 0 Å². The summed E-state index contributed by atoms with van der Waals surface area (Å²) in [6.07, 6.45) is 0.924. The van der Waals surface area contributed by atoms with E-state index in [1.54, 1.807) is 11.3 Å². The number of nitrogens with zero attached hydrogens (tertiary/aromatic N) is 4. The van der Waals surface area contributed by atoms with Crippen molar-refractivity contribution in [3.8, 4) is 9.88 Å². The van der Waals surface area contributed by atoms with Crippen molar-refractivity contribution in [2.75, 3.05) is 13.1 Å². The van der Waals surface area contributed by atoms with E-state index in [0.717, 1.165) is 40.1 Å². The fraction of sp³-hybridized carbons (Fsp3) is 0.692. The molecule has 0 unspecified atom stereocenters. The third kappa shape index (κ3) is 4.04. The van der Waals surface area contributed by atoms with Gasteiger partial charge in [0.05, 0.1) is 5.69 Å². The molecule has 0 bridgehead atoms. The van der Waals surface area contributed by atoms with E-state index in [1.807, 2.05) is 0 Å². The number of aromatic nitrogens is 4. The molecular formula is C13H21N5S2. The van der Waals surface area contributed by atoms with E-state index in [4.69, 9.17) is 0 Å². The Balaban J connectivity index is 1.96. The SMILES string of the molecule is CC(C)CNCCc1nnc(-c2snnc2C(C)C)s1. The van der Waals surface area contributed by atoms with Gasteiger partial charge in [-0.05, 0) is 29.9 Å². The highest BCUT2D eigenvalue weighted by Gasteiger charge is 2.17. The molecule has 0 saturated carbocycles. The fourth-order valence-electron chi connectivity index (χ4n) is 1.76. The Labute approximate surface area is 128 Å². The highest BCUT2D eigenvalue weighted by molar-refractivity contribution is 7.19. The lowest BCUT2D eigenvalue weighted by Gasteiger charge is -2.05. The predicted octanol–water partition coefficient (Wildman–Crippen LogP) is 2.97. The summed E-state index contributed by atoms with van der Waals surface area (Å²) in [6, 6.07) is 0. The van der Waals surface area contributed by atoms with Crippen molar-refractivity contribution >= 4 is 22.9 Å². The predicted molar refractivity (Wildman–Crippen MR) is 84.3 cm³/mol. The minimum absolute atomic E-state index is 0.365. The summed E-state index contributed by atoms with van der Waals surface area (Å²) in [5.74, 6) is 1.04. The van der Waals surface area contributed by atoms with E-state index in [9.17, 15) is 0 Å². The number of hydrogen-bond donors (Lipinski definition) is 1. The molecule has 0 amide bonds. The average Bonchev–Trinajstić information content (AvgIpc) is 3.02. The summed E-state index contributed by atoms with van der Waals surface area (Å²) in [5, 5.41) is 18.2. The second-order valence-electron chi connectivity index (χ2n) is 5.49. The van der Waals surface area contributed by atoms with Gasteiger partial charge >= 0.3 is 0 Å². The van der Waals surface area contributed by atoms with Crippen LogP contribution in [0, 0.1) is 5.92 Å². The van der Waals surface area contributed by atoms with Crippen LogP contribution in [0.1, 0.15) is 44.3 Å². The van der Waals surface area contributed by atoms with Crippen LogP contribution in [0.3, 0.4) is 0 Å². The van der Waals surface area contributed by atoms with E-state index >= 15 is 0 Å². The smallest absolute Gasteiger partial charge is 0.161 e. The second kappa shape index (κ2) is 7.19. The van der Waals surface area contributed by atoms with Crippen LogP contribution < -0.4 is 5.32 Å². The Kier molecular flexibility index (Phi) is 5.56. The number of nitrogens with one attached hydrogen (secondary N) is 1. The lowest BCUT2D eigenvalue weighted by atomic mass is 10.1. The summed E-state index contributed by atoms with van der Waals surface area (Å²) in [6.45, 7) is 10.7. The molecule has 0 saturated heterocycles. The molecular weight excluding hydrogens is 290 g/mol. The first-order chi connectivity index (χ1) is 9.58. The van der Waals surface area contributed by atoms with E-state index in [0.29, 0.717) is 11.8 Å². The fourth-order valence-corrected chi connectivity index (χ4v) is 3.48. The van der Waals surface area contributed by atoms with Gasteiger partial charge in [-0.2, -0.15) is 0 Å². The van der Waals surface area contributed by atoms with Crippen LogP contribution in [0.25, 0.3) is 9.88 Å². The van der Waals surface area contributed by atoms with Crippen LogP contribution in [-0.4, -0.2) is 32.9 Å². The Bertz CT molecular complexity index is 532. The summed E-state index contributed by atoms with van der Waals surface area (Å²) >= 11 is 3.06. The van der Waals surface area contributed by atoms with Gasteiger partial charge in [-0.25, -0.2) is 0 Å². The highest BCUT2D eigenvalue weighted by atomic mass is 32.1. The molecule has 0 aliphatic rings. The Morgan fingerprint density at radius 1 is 1.10 bits per heavy atom. The molecule has 5 nitrogen and oxygen atoms in total. The quantitative estimate of drug-likeness (QED) is 0.796. The summed E-state index contributed by atoms with van der Waals surface area (Å²) in [4.78, 5) is 1.07. The summed E-state index contributed by atoms with van der Waals surface area (Å²) < 4.78 is 4.04. The molecule has 0 aliphatic heterocycles. The molecule has 0 atom stereocenters. The second-order valence-corrected chi connectivity index (χ2v) is 7.31. The van der Waals surface area contributed by atoms with Gasteiger partial charge in [-0.1, -0.05) is 43.5 Å². The van der Waals surface area contributed by atoms with Gasteiger partial charge < -0.3 is 5.32 Å². The van der Waals surface area contributed by atoms with Gasteiger partial charge in [-0.15, -0.1) is 15.3 Å². The first-order valence-electron chi connectivity index (χ1n) is 6.93. The third-order valence-corrected chi connectivity index (χ3v) is 4.67. The van der Waals surface area contributed by atoms with E-state index in [-0.39, 0.29) is 0 Å². The van der Waals surface area contributed by atoms with Crippen LogP contribution in [-0.2, 0) is 6.42 Å². The zero-order chi connectivity index (χ0) is 14.5. The molecule has 0 radical (unpaired) electrons. The van der Waals surface area contributed by atoms with Gasteiger partial charge in [0, 0.05) is 13.0 Å². The minimum Gasteiger partial charge on any atom is -0.316 e. The molecule has 2 heterocycles. The van der Waals surface area contributed by atoms with E-state index < -0.39 is 0 Å². The Hall–Kier alpha value is -0.920. The zero-order valence-electron chi connectivity index (χ0n) is 12.4. The van der Waals surface area contributed by atoms with Crippen molar-refractivity contribution in [3.05, 3.63) is 10.7 Å². The van der Waals surface area contributed by atoms with Crippen molar-refractivity contribution in [2.24, 2.45) is 5.92 Å². The maximum absolute atomic E-state index is 4.29. The average molecular weight is 311 g/mol. The zero-order valence-corrected chi connectivity index (χ0v) is 14.0. The molecule has 1 N–H and O–H groups in total. The molecule has 0 spiro atoms. The van der Waals surface area contributed by atoms with Gasteiger partial charge in [0.1, 0.15) is 9.88 Å². The van der Waals surface area contributed by atoms with Crippen molar-refractivity contribution in [1.82, 2.24) is 25.1 Å². The van der Waals surface area contributed by atoms with Gasteiger partial charge in [-0.3, -0.25) is 0 Å². The van der Waals surface area contributed by atoms with Crippen LogP contribution in [0.2, 0.25) is 0 Å². The standard InChI is InChI=1S/C13H21N5S2/c1-8(2)7-14-6-5-10-15-17-13(19-10)12-11(9(3)4)16-18-20-12/h8-9,14H,5-7H2,1-4H3. The molecule has 2 aromatic rings. The summed E-state index contributed by atoms with van der Waals surface area (Å²) in [5.41, 5.74) is 1.02. The normalized spacial score (nSPS) is 11.7. The van der Waals surface area contributed by atoms with Crippen LogP contribution in [0.15, 0.2) is 0 Å². The Morgan fingerprint density at radius 3 is 2.60 bits per heavy atom. The third-order valence-electron chi connectivity index (χ3n) is 2.79. The number of hydrogen-bond acceptors (Lipinski definition) is 7. The minimum atomic E-state index is 0.365. The van der Waals surface area contributed by atoms with Gasteiger partial charge in [0.25, 0.3) is 0 Å².